The summed E-state index contributed by atoms with van der Waals surface area (Å²) in [6, 6.07) is 0. The lowest BCUT2D eigenvalue weighted by Crippen LogP contribution is -2.33. The lowest BCUT2D eigenvalue weighted by molar-refractivity contribution is -0.125. The summed E-state index contributed by atoms with van der Waals surface area (Å²) >= 11 is 8.54. The first kappa shape index (κ1) is 13.7. The van der Waals surface area contributed by atoms with E-state index < -0.39 is 12.0 Å². The summed E-state index contributed by atoms with van der Waals surface area (Å²) in [6.07, 6.45) is -0.817. The topological polar surface area (TPSA) is 59.0 Å². The van der Waals surface area contributed by atoms with E-state index in [-0.39, 0.29) is 11.1 Å². The number of hydrogen-bond acceptors (Lipinski definition) is 6. The molecule has 1 atom stereocenters. The molecule has 0 spiro atoms. The predicted octanol–water partition coefficient (Wildman–Crippen LogP) is 1.96. The Morgan fingerprint density at radius 3 is 2.88 bits per heavy atom. The third-order valence-electron chi connectivity index (χ3n) is 1.85. The van der Waals surface area contributed by atoms with Crippen molar-refractivity contribution in [1.82, 2.24) is 4.90 Å². The van der Waals surface area contributed by atoms with Gasteiger partial charge in [-0.1, -0.05) is 16.9 Å². The van der Waals surface area contributed by atoms with Crippen molar-refractivity contribution < 1.29 is 14.4 Å². The molecule has 0 aliphatic carbocycles. The van der Waals surface area contributed by atoms with Gasteiger partial charge in [-0.3, -0.25) is 9.63 Å². The summed E-state index contributed by atoms with van der Waals surface area (Å²) in [4.78, 5) is 27.8. The van der Waals surface area contributed by atoms with Crippen LogP contribution in [0.5, 0.6) is 0 Å². The number of halogens is 1. The van der Waals surface area contributed by atoms with Crippen LogP contribution in [-0.4, -0.2) is 45.2 Å². The highest BCUT2D eigenvalue weighted by Crippen LogP contribution is 2.31. The van der Waals surface area contributed by atoms with Crippen molar-refractivity contribution >= 4 is 52.2 Å². The van der Waals surface area contributed by atoms with Gasteiger partial charge in [0.2, 0.25) is 5.91 Å². The van der Waals surface area contributed by atoms with Gasteiger partial charge in [0.05, 0.1) is 5.25 Å². The van der Waals surface area contributed by atoms with E-state index in [2.05, 4.69) is 9.99 Å². The van der Waals surface area contributed by atoms with E-state index in [1.807, 2.05) is 6.92 Å². The number of amides is 2. The van der Waals surface area contributed by atoms with Crippen LogP contribution in [0.3, 0.4) is 0 Å². The number of hydrogen-bond donors (Lipinski definition) is 0. The fraction of sp³-hybridized carbons (Fsp3) is 0.625. The van der Waals surface area contributed by atoms with Crippen LogP contribution in [0.2, 0.25) is 0 Å². The standard InChI is InChI=1S/C8H11ClN2O3S2/c1-5-7(16-4-15-5)10-14-8(13)11(2)6(12)3-9/h5H,3-4H2,1-2H3. The fourth-order valence-corrected chi connectivity index (χ4v) is 3.49. The molecule has 1 aliphatic heterocycles. The van der Waals surface area contributed by atoms with Gasteiger partial charge in [-0.2, -0.15) is 0 Å². The second-order valence-electron chi connectivity index (χ2n) is 2.94. The smallest absolute Gasteiger partial charge is 0.297 e. The van der Waals surface area contributed by atoms with Gasteiger partial charge in [0.25, 0.3) is 0 Å². The minimum atomic E-state index is -0.817. The first-order chi connectivity index (χ1) is 7.56. The molecule has 16 heavy (non-hydrogen) atoms. The highest BCUT2D eigenvalue weighted by molar-refractivity contribution is 8.29. The second-order valence-corrected chi connectivity index (χ2v) is 5.90. The molecule has 1 heterocycles. The monoisotopic (exact) mass is 282 g/mol. The van der Waals surface area contributed by atoms with Gasteiger partial charge in [-0.25, -0.2) is 9.69 Å². The highest BCUT2D eigenvalue weighted by Gasteiger charge is 2.22. The summed E-state index contributed by atoms with van der Waals surface area (Å²) in [5.41, 5.74) is 0. The normalized spacial score (nSPS) is 22.2. The van der Waals surface area contributed by atoms with Crippen LogP contribution < -0.4 is 0 Å². The van der Waals surface area contributed by atoms with Crippen molar-refractivity contribution in [3.05, 3.63) is 0 Å². The molecule has 0 radical (unpaired) electrons. The molecule has 0 aromatic rings. The molecule has 1 rings (SSSR count). The van der Waals surface area contributed by atoms with E-state index in [4.69, 9.17) is 11.6 Å². The zero-order chi connectivity index (χ0) is 12.1. The Hall–Kier alpha value is -0.400. The molecular formula is C8H11ClN2O3S2. The third-order valence-corrected chi connectivity index (χ3v) is 4.69. The number of carbonyl (C=O) groups excluding carboxylic acids is 2. The lowest BCUT2D eigenvalue weighted by atomic mass is 10.5. The van der Waals surface area contributed by atoms with Crippen molar-refractivity contribution in [2.24, 2.45) is 5.16 Å². The van der Waals surface area contributed by atoms with Crippen LogP contribution in [0.25, 0.3) is 0 Å². The van der Waals surface area contributed by atoms with Gasteiger partial charge in [0, 0.05) is 12.1 Å². The van der Waals surface area contributed by atoms with E-state index in [1.165, 1.54) is 18.8 Å². The number of rotatable bonds is 2. The predicted molar refractivity (Wildman–Crippen MR) is 66.9 cm³/mol. The molecule has 2 amide bonds. The molecular weight excluding hydrogens is 272 g/mol. The molecule has 8 heteroatoms. The Morgan fingerprint density at radius 1 is 1.69 bits per heavy atom. The number of nitrogens with zero attached hydrogens (tertiary/aromatic N) is 2. The van der Waals surface area contributed by atoms with E-state index in [0.717, 1.165) is 15.0 Å². The van der Waals surface area contributed by atoms with Crippen molar-refractivity contribution in [3.8, 4) is 0 Å². The first-order valence-electron chi connectivity index (χ1n) is 4.42. The van der Waals surface area contributed by atoms with E-state index in [0.29, 0.717) is 0 Å². The van der Waals surface area contributed by atoms with Gasteiger partial charge in [-0.15, -0.1) is 23.4 Å². The van der Waals surface area contributed by atoms with Gasteiger partial charge in [0.1, 0.15) is 10.9 Å². The van der Waals surface area contributed by atoms with Crippen LogP contribution >= 0.6 is 35.1 Å². The van der Waals surface area contributed by atoms with Crippen molar-refractivity contribution in [3.63, 3.8) is 0 Å². The summed E-state index contributed by atoms with van der Waals surface area (Å²) in [7, 11) is 1.30. The van der Waals surface area contributed by atoms with Crippen LogP contribution in [-0.2, 0) is 9.63 Å². The molecule has 1 unspecified atom stereocenters. The molecule has 0 bridgehead atoms. The zero-order valence-electron chi connectivity index (χ0n) is 8.81. The summed E-state index contributed by atoms with van der Waals surface area (Å²) < 4.78 is 0. The Bertz CT molecular complexity index is 324. The Morgan fingerprint density at radius 2 is 2.38 bits per heavy atom. The molecule has 1 fully saturated rings. The van der Waals surface area contributed by atoms with Gasteiger partial charge in [-0.05, 0) is 6.92 Å². The molecule has 1 saturated heterocycles. The van der Waals surface area contributed by atoms with Crippen LogP contribution in [0.1, 0.15) is 6.92 Å². The zero-order valence-corrected chi connectivity index (χ0v) is 11.2. The van der Waals surface area contributed by atoms with E-state index >= 15 is 0 Å². The Balaban J connectivity index is 2.49. The average molecular weight is 283 g/mol. The maximum Gasteiger partial charge on any atom is 0.442 e. The number of carbonyl (C=O) groups is 2. The third kappa shape index (κ3) is 3.57. The maximum atomic E-state index is 11.3. The number of imide groups is 1. The summed E-state index contributed by atoms with van der Waals surface area (Å²) in [6.45, 7) is 1.98. The Kier molecular flexibility index (Phi) is 5.43. The first-order valence-corrected chi connectivity index (χ1v) is 6.99. The second kappa shape index (κ2) is 6.36. The summed E-state index contributed by atoms with van der Waals surface area (Å²) in [5.74, 6) is -0.781. The fourth-order valence-electron chi connectivity index (χ4n) is 0.822. The minimum absolute atomic E-state index is 0.229. The summed E-state index contributed by atoms with van der Waals surface area (Å²) in [5, 5.41) is 5.59. The van der Waals surface area contributed by atoms with Gasteiger partial charge in [0.15, 0.2) is 0 Å². The van der Waals surface area contributed by atoms with Crippen LogP contribution in [0.4, 0.5) is 4.79 Å². The van der Waals surface area contributed by atoms with Crippen molar-refractivity contribution in [2.45, 2.75) is 12.2 Å². The van der Waals surface area contributed by atoms with Crippen molar-refractivity contribution in [1.29, 1.82) is 0 Å². The van der Waals surface area contributed by atoms with Gasteiger partial charge >= 0.3 is 6.09 Å². The van der Waals surface area contributed by atoms with E-state index in [1.54, 1.807) is 11.8 Å². The molecule has 0 saturated carbocycles. The molecule has 5 nitrogen and oxygen atoms in total. The van der Waals surface area contributed by atoms with Crippen LogP contribution in [0.15, 0.2) is 5.16 Å². The number of oxime groups is 1. The van der Waals surface area contributed by atoms with Gasteiger partial charge < -0.3 is 0 Å². The number of alkyl halides is 1. The molecule has 0 aromatic carbocycles. The highest BCUT2D eigenvalue weighted by atomic mass is 35.5. The number of thioether (sulfide) groups is 2. The molecule has 1 aliphatic rings. The Labute approximate surface area is 107 Å². The quantitative estimate of drug-likeness (QED) is 0.440. The minimum Gasteiger partial charge on any atom is -0.297 e. The molecule has 0 aromatic heterocycles. The SMILES string of the molecule is CC1SCSC1=NOC(=O)N(C)C(=O)CCl. The lowest BCUT2D eigenvalue weighted by Gasteiger charge is -2.10. The maximum absolute atomic E-state index is 11.3. The average Bonchev–Trinajstić information content (AvgIpc) is 2.69. The van der Waals surface area contributed by atoms with E-state index in [9.17, 15) is 9.59 Å². The molecule has 0 N–H and O–H groups in total. The largest absolute Gasteiger partial charge is 0.442 e. The van der Waals surface area contributed by atoms with Crippen molar-refractivity contribution in [2.75, 3.05) is 18.0 Å². The molecule has 90 valence electrons. The van der Waals surface area contributed by atoms with Crippen LogP contribution in [0, 0.1) is 0 Å².